The highest BCUT2D eigenvalue weighted by Gasteiger charge is 2.21. The van der Waals surface area contributed by atoms with Gasteiger partial charge in [-0.2, -0.15) is 4.80 Å². The predicted molar refractivity (Wildman–Crippen MR) is 121 cm³/mol. The van der Waals surface area contributed by atoms with E-state index in [4.69, 9.17) is 11.6 Å². The summed E-state index contributed by atoms with van der Waals surface area (Å²) in [7, 11) is 0. The number of rotatable bonds is 8. The average molecular weight is 439 g/mol. The molecule has 0 radical (unpaired) electrons. The fraction of sp³-hybridized carbons (Fsp3) is 0.391. The Morgan fingerprint density at radius 3 is 2.32 bits per heavy atom. The molecule has 0 bridgehead atoms. The first-order chi connectivity index (χ1) is 15.2. The summed E-state index contributed by atoms with van der Waals surface area (Å²) in [6, 6.07) is 17.0. The third-order valence-corrected chi connectivity index (χ3v) is 5.82. The number of unbranched alkanes of at least 4 members (excludes halogenated alkanes) is 2. The van der Waals surface area contributed by atoms with Gasteiger partial charge in [-0.25, -0.2) is 0 Å². The summed E-state index contributed by atoms with van der Waals surface area (Å²) in [5, 5.41) is 13.4. The van der Waals surface area contributed by atoms with Gasteiger partial charge in [0.15, 0.2) is 0 Å². The first kappa shape index (κ1) is 21.5. The van der Waals surface area contributed by atoms with E-state index in [2.05, 4.69) is 20.3 Å². The molecular weight excluding hydrogens is 412 g/mol. The van der Waals surface area contributed by atoms with Gasteiger partial charge >= 0.3 is 0 Å². The number of benzene rings is 2. The number of piperazine rings is 1. The maximum Gasteiger partial charge on any atom is 0.253 e. The van der Waals surface area contributed by atoms with E-state index >= 15 is 0 Å². The van der Waals surface area contributed by atoms with Crippen LogP contribution in [-0.4, -0.2) is 68.6 Å². The van der Waals surface area contributed by atoms with Crippen molar-refractivity contribution in [3.8, 4) is 11.4 Å². The van der Waals surface area contributed by atoms with Crippen LogP contribution in [0.2, 0.25) is 5.02 Å². The molecule has 1 aromatic heterocycles. The van der Waals surface area contributed by atoms with Crippen molar-refractivity contribution in [1.82, 2.24) is 30.0 Å². The number of carbonyl (C=O) groups is 1. The standard InChI is InChI=1S/C23H27ClN6O/c24-21-11-9-20(10-12-21)23(31)29-17-15-28(16-18-29)13-5-2-6-14-30-26-22(25-27-30)19-7-3-1-4-8-19/h1,3-4,7-12H,2,5-6,13-18H2. The quantitative estimate of drug-likeness (QED) is 0.502. The van der Waals surface area contributed by atoms with Crippen molar-refractivity contribution in [2.24, 2.45) is 0 Å². The number of aryl methyl sites for hydroxylation is 1. The highest BCUT2D eigenvalue weighted by atomic mass is 35.5. The van der Waals surface area contributed by atoms with Crippen LogP contribution in [0.15, 0.2) is 54.6 Å². The number of nitrogens with zero attached hydrogens (tertiary/aromatic N) is 6. The Labute approximate surface area is 187 Å². The Morgan fingerprint density at radius 1 is 0.871 bits per heavy atom. The van der Waals surface area contributed by atoms with Gasteiger partial charge in [0, 0.05) is 42.3 Å². The van der Waals surface area contributed by atoms with Gasteiger partial charge < -0.3 is 4.90 Å². The number of tetrazole rings is 1. The van der Waals surface area contributed by atoms with E-state index in [9.17, 15) is 4.79 Å². The molecule has 1 fully saturated rings. The topological polar surface area (TPSA) is 67.2 Å². The number of halogens is 1. The van der Waals surface area contributed by atoms with Gasteiger partial charge in [-0.05, 0) is 48.9 Å². The van der Waals surface area contributed by atoms with Crippen LogP contribution in [0.4, 0.5) is 0 Å². The van der Waals surface area contributed by atoms with Crippen LogP contribution in [0.5, 0.6) is 0 Å². The largest absolute Gasteiger partial charge is 0.336 e. The number of hydrogen-bond acceptors (Lipinski definition) is 5. The first-order valence-electron chi connectivity index (χ1n) is 10.8. The lowest BCUT2D eigenvalue weighted by Gasteiger charge is -2.34. The second kappa shape index (κ2) is 10.5. The molecular formula is C23H27ClN6O. The van der Waals surface area contributed by atoms with Crippen LogP contribution < -0.4 is 0 Å². The molecule has 0 saturated carbocycles. The molecule has 1 aliphatic rings. The van der Waals surface area contributed by atoms with Crippen molar-refractivity contribution >= 4 is 17.5 Å². The molecule has 8 heteroatoms. The number of aromatic nitrogens is 4. The van der Waals surface area contributed by atoms with Crippen molar-refractivity contribution in [3.63, 3.8) is 0 Å². The maximum atomic E-state index is 12.6. The zero-order chi connectivity index (χ0) is 21.5. The molecule has 31 heavy (non-hydrogen) atoms. The molecule has 7 nitrogen and oxygen atoms in total. The Kier molecular flexibility index (Phi) is 7.27. The third kappa shape index (κ3) is 5.89. The molecule has 0 unspecified atom stereocenters. The van der Waals surface area contributed by atoms with E-state index in [0.717, 1.165) is 64.1 Å². The lowest BCUT2D eigenvalue weighted by atomic mass is 10.1. The smallest absolute Gasteiger partial charge is 0.253 e. The summed E-state index contributed by atoms with van der Waals surface area (Å²) in [6.07, 6.45) is 3.27. The van der Waals surface area contributed by atoms with Crippen molar-refractivity contribution in [2.45, 2.75) is 25.8 Å². The zero-order valence-electron chi connectivity index (χ0n) is 17.5. The molecule has 0 aliphatic carbocycles. The second-order valence-electron chi connectivity index (χ2n) is 7.78. The van der Waals surface area contributed by atoms with Crippen molar-refractivity contribution in [2.75, 3.05) is 32.7 Å². The molecule has 1 aliphatic heterocycles. The SMILES string of the molecule is O=C(c1ccc(Cl)cc1)N1CCN(CCCCCn2nnc(-c3ccccc3)n2)CC1. The number of hydrogen-bond donors (Lipinski definition) is 0. The third-order valence-electron chi connectivity index (χ3n) is 5.57. The summed E-state index contributed by atoms with van der Waals surface area (Å²) in [4.78, 5) is 18.6. The highest BCUT2D eigenvalue weighted by molar-refractivity contribution is 6.30. The fourth-order valence-corrected chi connectivity index (χ4v) is 3.88. The normalized spacial score (nSPS) is 14.7. The van der Waals surface area contributed by atoms with E-state index < -0.39 is 0 Å². The van der Waals surface area contributed by atoms with Crippen LogP contribution in [-0.2, 0) is 6.54 Å². The van der Waals surface area contributed by atoms with Gasteiger partial charge in [-0.15, -0.1) is 10.2 Å². The molecule has 0 spiro atoms. The zero-order valence-corrected chi connectivity index (χ0v) is 18.3. The minimum absolute atomic E-state index is 0.0894. The van der Waals surface area contributed by atoms with Crippen LogP contribution >= 0.6 is 11.6 Å². The molecule has 4 rings (SSSR count). The highest BCUT2D eigenvalue weighted by Crippen LogP contribution is 2.14. The Morgan fingerprint density at radius 2 is 1.58 bits per heavy atom. The van der Waals surface area contributed by atoms with E-state index in [1.807, 2.05) is 35.2 Å². The predicted octanol–water partition coefficient (Wildman–Crippen LogP) is 3.62. The van der Waals surface area contributed by atoms with Gasteiger partial charge in [0.05, 0.1) is 6.54 Å². The Bertz CT molecular complexity index is 967. The van der Waals surface area contributed by atoms with Gasteiger partial charge in [-0.3, -0.25) is 9.69 Å². The van der Waals surface area contributed by atoms with Gasteiger partial charge in [0.1, 0.15) is 0 Å². The van der Waals surface area contributed by atoms with Crippen molar-refractivity contribution < 1.29 is 4.79 Å². The second-order valence-corrected chi connectivity index (χ2v) is 8.21. The lowest BCUT2D eigenvalue weighted by Crippen LogP contribution is -2.48. The number of carbonyl (C=O) groups excluding carboxylic acids is 1. The van der Waals surface area contributed by atoms with Crippen LogP contribution in [0.3, 0.4) is 0 Å². The van der Waals surface area contributed by atoms with Crippen LogP contribution in [0, 0.1) is 0 Å². The first-order valence-corrected chi connectivity index (χ1v) is 11.2. The average Bonchev–Trinajstić information content (AvgIpc) is 3.29. The molecule has 0 N–H and O–H groups in total. The Hall–Kier alpha value is -2.77. The van der Waals surface area contributed by atoms with Gasteiger partial charge in [0.2, 0.25) is 5.82 Å². The Balaban J connectivity index is 1.12. The van der Waals surface area contributed by atoms with Crippen LogP contribution in [0.25, 0.3) is 11.4 Å². The van der Waals surface area contributed by atoms with Crippen molar-refractivity contribution in [1.29, 1.82) is 0 Å². The minimum atomic E-state index is 0.0894. The molecule has 2 heterocycles. The maximum absolute atomic E-state index is 12.6. The van der Waals surface area contributed by atoms with Crippen molar-refractivity contribution in [3.05, 3.63) is 65.2 Å². The van der Waals surface area contributed by atoms with Gasteiger partial charge in [-0.1, -0.05) is 48.4 Å². The van der Waals surface area contributed by atoms with E-state index in [1.165, 1.54) is 0 Å². The number of amides is 1. The van der Waals surface area contributed by atoms with E-state index in [0.29, 0.717) is 16.4 Å². The summed E-state index contributed by atoms with van der Waals surface area (Å²) >= 11 is 5.91. The fourth-order valence-electron chi connectivity index (χ4n) is 3.76. The lowest BCUT2D eigenvalue weighted by molar-refractivity contribution is 0.0635. The monoisotopic (exact) mass is 438 g/mol. The minimum Gasteiger partial charge on any atom is -0.336 e. The van der Waals surface area contributed by atoms with E-state index in [-0.39, 0.29) is 5.91 Å². The summed E-state index contributed by atoms with van der Waals surface area (Å²) in [5.74, 6) is 0.762. The van der Waals surface area contributed by atoms with Crippen LogP contribution in [0.1, 0.15) is 29.6 Å². The van der Waals surface area contributed by atoms with E-state index in [1.54, 1.807) is 29.1 Å². The molecule has 162 valence electrons. The summed E-state index contributed by atoms with van der Waals surface area (Å²) in [5.41, 5.74) is 1.69. The summed E-state index contributed by atoms with van der Waals surface area (Å²) in [6.45, 7) is 5.22. The molecule has 2 aromatic carbocycles. The van der Waals surface area contributed by atoms with Gasteiger partial charge in [0.25, 0.3) is 5.91 Å². The molecule has 0 atom stereocenters. The summed E-state index contributed by atoms with van der Waals surface area (Å²) < 4.78 is 0. The molecule has 1 amide bonds. The molecule has 3 aromatic rings. The molecule has 1 saturated heterocycles.